The van der Waals surface area contributed by atoms with Crippen molar-refractivity contribution in [2.75, 3.05) is 7.05 Å². The minimum absolute atomic E-state index is 0.641. The van der Waals surface area contributed by atoms with Crippen molar-refractivity contribution in [3.8, 4) is 0 Å². The molecule has 0 spiro atoms. The summed E-state index contributed by atoms with van der Waals surface area (Å²) in [6, 6.07) is 4.94. The lowest BCUT2D eigenvalue weighted by Gasteiger charge is -2.21. The Kier molecular flexibility index (Phi) is 4.16. The maximum Gasteiger partial charge on any atom is 0.0466 e. The molecule has 2 rings (SSSR count). The van der Waals surface area contributed by atoms with Crippen LogP contribution in [0.4, 0.5) is 0 Å². The Morgan fingerprint density at radius 1 is 1.47 bits per heavy atom. The van der Waals surface area contributed by atoms with Crippen molar-refractivity contribution in [2.45, 2.75) is 51.5 Å². The summed E-state index contributed by atoms with van der Waals surface area (Å²) in [5, 5.41) is 3.43. The first-order valence-electron chi connectivity index (χ1n) is 6.83. The molecule has 0 radical (unpaired) electrons. The Bertz CT molecular complexity index is 360. The van der Waals surface area contributed by atoms with Crippen LogP contribution in [-0.2, 0) is 6.42 Å². The van der Waals surface area contributed by atoms with Gasteiger partial charge in [-0.05, 0) is 50.3 Å². The maximum atomic E-state index is 4.57. The Morgan fingerprint density at radius 2 is 2.29 bits per heavy atom. The minimum atomic E-state index is 0.641. The van der Waals surface area contributed by atoms with E-state index in [2.05, 4.69) is 43.3 Å². The molecule has 0 amide bonds. The predicted molar refractivity (Wildman–Crippen MR) is 72.2 cm³/mol. The fourth-order valence-corrected chi connectivity index (χ4v) is 2.97. The van der Waals surface area contributed by atoms with Crippen LogP contribution in [0.25, 0.3) is 0 Å². The molecule has 17 heavy (non-hydrogen) atoms. The molecule has 0 saturated heterocycles. The van der Waals surface area contributed by atoms with Gasteiger partial charge in [-0.15, -0.1) is 0 Å². The van der Waals surface area contributed by atoms with Crippen LogP contribution in [0.15, 0.2) is 18.3 Å². The van der Waals surface area contributed by atoms with Crippen molar-refractivity contribution < 1.29 is 0 Å². The van der Waals surface area contributed by atoms with Crippen molar-refractivity contribution >= 4 is 0 Å². The zero-order valence-electron chi connectivity index (χ0n) is 11.2. The van der Waals surface area contributed by atoms with Crippen LogP contribution in [-0.4, -0.2) is 18.1 Å². The molecule has 2 atom stereocenters. The number of aryl methyl sites for hydroxylation is 1. The van der Waals surface area contributed by atoms with E-state index >= 15 is 0 Å². The monoisotopic (exact) mass is 232 g/mol. The fraction of sp³-hybridized carbons (Fsp3) is 0.667. The zero-order valence-corrected chi connectivity index (χ0v) is 11.2. The molecule has 0 bridgehead atoms. The third kappa shape index (κ3) is 2.86. The van der Waals surface area contributed by atoms with Gasteiger partial charge in [-0.1, -0.05) is 19.9 Å². The van der Waals surface area contributed by atoms with Crippen molar-refractivity contribution in [1.82, 2.24) is 10.3 Å². The largest absolute Gasteiger partial charge is 0.317 e. The van der Waals surface area contributed by atoms with Gasteiger partial charge in [-0.25, -0.2) is 0 Å². The third-order valence-corrected chi connectivity index (χ3v) is 4.08. The van der Waals surface area contributed by atoms with Gasteiger partial charge in [0.2, 0.25) is 0 Å². The SMILES string of the molecule is CNC(CCC1CCc2cccnc21)C(C)C. The summed E-state index contributed by atoms with van der Waals surface area (Å²) in [6.07, 6.45) is 6.98. The molecule has 0 aliphatic heterocycles. The van der Waals surface area contributed by atoms with Crippen molar-refractivity contribution in [2.24, 2.45) is 5.92 Å². The Labute approximate surface area is 105 Å². The second-order valence-electron chi connectivity index (χ2n) is 5.50. The van der Waals surface area contributed by atoms with Gasteiger partial charge in [0.1, 0.15) is 0 Å². The molecular formula is C15H24N2. The van der Waals surface area contributed by atoms with Gasteiger partial charge in [-0.2, -0.15) is 0 Å². The molecular weight excluding hydrogens is 208 g/mol. The molecule has 2 unspecified atom stereocenters. The van der Waals surface area contributed by atoms with Gasteiger partial charge in [0.05, 0.1) is 0 Å². The van der Waals surface area contributed by atoms with E-state index in [1.165, 1.54) is 36.9 Å². The van der Waals surface area contributed by atoms with E-state index in [4.69, 9.17) is 0 Å². The van der Waals surface area contributed by atoms with Crippen LogP contribution in [0.1, 0.15) is 50.3 Å². The zero-order chi connectivity index (χ0) is 12.3. The summed E-state index contributed by atoms with van der Waals surface area (Å²) in [5.74, 6) is 1.41. The molecule has 1 aromatic rings. The number of fused-ring (bicyclic) bond motifs is 1. The van der Waals surface area contributed by atoms with E-state index in [-0.39, 0.29) is 0 Å². The highest BCUT2D eigenvalue weighted by molar-refractivity contribution is 5.28. The molecule has 1 heterocycles. The van der Waals surface area contributed by atoms with Crippen LogP contribution in [0, 0.1) is 5.92 Å². The number of aromatic nitrogens is 1. The summed E-state index contributed by atoms with van der Waals surface area (Å²) in [4.78, 5) is 4.57. The van der Waals surface area contributed by atoms with Gasteiger partial charge in [-0.3, -0.25) is 4.98 Å². The summed E-state index contributed by atoms with van der Waals surface area (Å²) in [5.41, 5.74) is 2.84. The minimum Gasteiger partial charge on any atom is -0.317 e. The van der Waals surface area contributed by atoms with Crippen LogP contribution >= 0.6 is 0 Å². The first-order valence-corrected chi connectivity index (χ1v) is 6.83. The molecule has 94 valence electrons. The number of hydrogen-bond donors (Lipinski definition) is 1. The standard InChI is InChI=1S/C15H24N2/c1-11(2)14(16-3)9-8-13-7-6-12-5-4-10-17-15(12)13/h4-5,10-11,13-14,16H,6-9H2,1-3H3. The molecule has 1 aliphatic carbocycles. The predicted octanol–water partition coefficient (Wildman–Crippen LogP) is 3.14. The first-order chi connectivity index (χ1) is 8.22. The Hall–Kier alpha value is -0.890. The summed E-state index contributed by atoms with van der Waals surface area (Å²) in [6.45, 7) is 4.59. The number of pyridine rings is 1. The van der Waals surface area contributed by atoms with Gasteiger partial charge in [0.25, 0.3) is 0 Å². The Morgan fingerprint density at radius 3 is 3.00 bits per heavy atom. The molecule has 1 aromatic heterocycles. The number of nitrogens with zero attached hydrogens (tertiary/aromatic N) is 1. The average molecular weight is 232 g/mol. The Balaban J connectivity index is 1.93. The van der Waals surface area contributed by atoms with Crippen LogP contribution in [0.2, 0.25) is 0 Å². The normalized spacial score (nSPS) is 20.6. The first kappa shape index (κ1) is 12.6. The van der Waals surface area contributed by atoms with E-state index in [1.54, 1.807) is 0 Å². The lowest BCUT2D eigenvalue weighted by atomic mass is 9.92. The number of nitrogens with one attached hydrogen (secondary N) is 1. The van der Waals surface area contributed by atoms with Gasteiger partial charge < -0.3 is 5.32 Å². The van der Waals surface area contributed by atoms with Gasteiger partial charge in [0, 0.05) is 23.9 Å². The van der Waals surface area contributed by atoms with Crippen molar-refractivity contribution in [3.63, 3.8) is 0 Å². The van der Waals surface area contributed by atoms with E-state index in [0.717, 1.165) is 0 Å². The molecule has 2 nitrogen and oxygen atoms in total. The summed E-state index contributed by atoms with van der Waals surface area (Å²) >= 11 is 0. The average Bonchev–Trinajstić information content (AvgIpc) is 2.73. The number of rotatable bonds is 5. The quantitative estimate of drug-likeness (QED) is 0.843. The van der Waals surface area contributed by atoms with Gasteiger partial charge in [0.15, 0.2) is 0 Å². The van der Waals surface area contributed by atoms with Crippen LogP contribution < -0.4 is 5.32 Å². The lowest BCUT2D eigenvalue weighted by Crippen LogP contribution is -2.30. The topological polar surface area (TPSA) is 24.9 Å². The van der Waals surface area contributed by atoms with Crippen molar-refractivity contribution in [1.29, 1.82) is 0 Å². The molecule has 2 heteroatoms. The van der Waals surface area contributed by atoms with Crippen LogP contribution in [0.5, 0.6) is 0 Å². The maximum absolute atomic E-state index is 4.57. The lowest BCUT2D eigenvalue weighted by molar-refractivity contribution is 0.377. The van der Waals surface area contributed by atoms with E-state index in [1.807, 2.05) is 6.20 Å². The molecule has 0 aromatic carbocycles. The molecule has 0 saturated carbocycles. The van der Waals surface area contributed by atoms with Gasteiger partial charge >= 0.3 is 0 Å². The number of hydrogen-bond acceptors (Lipinski definition) is 2. The third-order valence-electron chi connectivity index (χ3n) is 4.08. The molecule has 1 aliphatic rings. The summed E-state index contributed by atoms with van der Waals surface area (Å²) in [7, 11) is 2.07. The van der Waals surface area contributed by atoms with E-state index in [0.29, 0.717) is 17.9 Å². The molecule has 1 N–H and O–H groups in total. The second-order valence-corrected chi connectivity index (χ2v) is 5.50. The summed E-state index contributed by atoms with van der Waals surface area (Å²) < 4.78 is 0. The highest BCUT2D eigenvalue weighted by atomic mass is 14.9. The highest BCUT2D eigenvalue weighted by Crippen LogP contribution is 2.35. The van der Waals surface area contributed by atoms with Crippen LogP contribution in [0.3, 0.4) is 0 Å². The van der Waals surface area contributed by atoms with E-state index in [9.17, 15) is 0 Å². The smallest absolute Gasteiger partial charge is 0.0466 e. The van der Waals surface area contributed by atoms with E-state index < -0.39 is 0 Å². The highest BCUT2D eigenvalue weighted by Gasteiger charge is 2.24. The molecule has 0 fully saturated rings. The second kappa shape index (κ2) is 5.63. The fourth-order valence-electron chi connectivity index (χ4n) is 2.97. The van der Waals surface area contributed by atoms with Crippen molar-refractivity contribution in [3.05, 3.63) is 29.6 Å².